The Balaban J connectivity index is 1.03. The smallest absolute Gasteiger partial charge is 0.108 e. The second kappa shape index (κ2) is 14.9. The second-order valence-electron chi connectivity index (χ2n) is 12.6. The molecule has 0 aromatic heterocycles. The van der Waals surface area contributed by atoms with Gasteiger partial charge in [0.05, 0.1) is 15.0 Å². The van der Waals surface area contributed by atoms with Gasteiger partial charge >= 0.3 is 0 Å². The molecule has 224 valence electrons. The lowest BCUT2D eigenvalue weighted by Gasteiger charge is -2.46. The molecule has 40 heavy (non-hydrogen) atoms. The van der Waals surface area contributed by atoms with E-state index in [1.54, 1.807) is 0 Å². The Morgan fingerprint density at radius 3 is 2.20 bits per heavy atom. The van der Waals surface area contributed by atoms with Gasteiger partial charge < -0.3 is 19.3 Å². The van der Waals surface area contributed by atoms with E-state index in [9.17, 15) is 0 Å². The standard InChI is InChI=1S/C30H46N2O2S6/c1-29(2,31-25(35)19-23-21(27(31)37)9-17-39-23)11-5-6-13-33-15-8-16-34-14-7-12-30(3,4)32-26(36)20-24-22(28(32)38)10-18-40-24/h19,21-22,24H,5-18,20H2,1-4H3. The Morgan fingerprint density at radius 1 is 0.800 bits per heavy atom. The van der Waals surface area contributed by atoms with Crippen LogP contribution in [0.2, 0.25) is 0 Å². The second-order valence-corrected chi connectivity index (χ2v) is 16.8. The summed E-state index contributed by atoms with van der Waals surface area (Å²) in [5.74, 6) is 3.28. The van der Waals surface area contributed by atoms with E-state index in [0.29, 0.717) is 17.1 Å². The number of fused-ring (bicyclic) bond motifs is 2. The summed E-state index contributed by atoms with van der Waals surface area (Å²) in [6.07, 6.45) is 11.7. The lowest BCUT2D eigenvalue weighted by Crippen LogP contribution is -2.56. The summed E-state index contributed by atoms with van der Waals surface area (Å²) < 4.78 is 11.8. The molecule has 0 amide bonds. The number of nitrogens with zero attached hydrogens (tertiary/aromatic N) is 2. The Kier molecular flexibility index (Phi) is 12.3. The molecule has 3 saturated heterocycles. The van der Waals surface area contributed by atoms with Crippen LogP contribution in [0, 0.1) is 11.8 Å². The molecule has 0 aromatic rings. The predicted molar refractivity (Wildman–Crippen MR) is 189 cm³/mol. The molecule has 4 aliphatic rings. The van der Waals surface area contributed by atoms with Crippen molar-refractivity contribution in [3.05, 3.63) is 11.0 Å². The molecule has 3 unspecified atom stereocenters. The maximum absolute atomic E-state index is 5.93. The van der Waals surface area contributed by atoms with E-state index in [-0.39, 0.29) is 11.1 Å². The highest BCUT2D eigenvalue weighted by Gasteiger charge is 2.44. The van der Waals surface area contributed by atoms with Crippen LogP contribution >= 0.6 is 72.4 Å². The minimum Gasteiger partial charge on any atom is -0.381 e. The number of ether oxygens (including phenoxy) is 2. The van der Waals surface area contributed by atoms with Crippen LogP contribution in [0.4, 0.5) is 0 Å². The quantitative estimate of drug-likeness (QED) is 0.127. The van der Waals surface area contributed by atoms with Gasteiger partial charge in [0.15, 0.2) is 0 Å². The van der Waals surface area contributed by atoms with Crippen molar-refractivity contribution in [1.29, 1.82) is 0 Å². The maximum Gasteiger partial charge on any atom is 0.108 e. The van der Waals surface area contributed by atoms with E-state index in [1.165, 1.54) is 17.1 Å². The van der Waals surface area contributed by atoms with Crippen LogP contribution in [0.15, 0.2) is 11.0 Å². The van der Waals surface area contributed by atoms with Crippen molar-refractivity contribution >= 4 is 92.3 Å². The van der Waals surface area contributed by atoms with Gasteiger partial charge in [0.1, 0.15) is 4.99 Å². The number of unbranched alkanes of at least 4 members (excludes halogenated alkanes) is 1. The predicted octanol–water partition coefficient (Wildman–Crippen LogP) is 8.01. The molecule has 0 aliphatic carbocycles. The van der Waals surface area contributed by atoms with Crippen LogP contribution in [-0.2, 0) is 9.47 Å². The molecule has 3 atom stereocenters. The van der Waals surface area contributed by atoms with Crippen molar-refractivity contribution in [3.63, 3.8) is 0 Å². The Morgan fingerprint density at radius 2 is 1.45 bits per heavy atom. The fourth-order valence-electron chi connectivity index (χ4n) is 6.35. The molecule has 4 nitrogen and oxygen atoms in total. The number of likely N-dealkylation sites (tertiary alicyclic amines) is 1. The Labute approximate surface area is 272 Å². The number of piperidine rings is 1. The summed E-state index contributed by atoms with van der Waals surface area (Å²) in [6.45, 7) is 12.1. The first-order valence-electron chi connectivity index (χ1n) is 14.9. The van der Waals surface area contributed by atoms with Crippen molar-refractivity contribution in [2.45, 2.75) is 102 Å². The molecular formula is C30H46N2O2S6. The van der Waals surface area contributed by atoms with Gasteiger partial charge in [-0.1, -0.05) is 48.9 Å². The molecule has 4 heterocycles. The highest BCUT2D eigenvalue weighted by Crippen LogP contribution is 2.44. The number of hydrogen-bond acceptors (Lipinski definition) is 8. The highest BCUT2D eigenvalue weighted by molar-refractivity contribution is 8.03. The Hall–Kier alpha value is 0.320. The van der Waals surface area contributed by atoms with E-state index in [4.69, 9.17) is 58.3 Å². The van der Waals surface area contributed by atoms with Crippen LogP contribution in [0.3, 0.4) is 0 Å². The van der Waals surface area contributed by atoms with Gasteiger partial charge in [0, 0.05) is 61.0 Å². The number of rotatable bonds is 15. The van der Waals surface area contributed by atoms with Crippen LogP contribution in [0.1, 0.15) is 85.5 Å². The average molecular weight is 659 g/mol. The monoisotopic (exact) mass is 658 g/mol. The van der Waals surface area contributed by atoms with Gasteiger partial charge in [-0.25, -0.2) is 0 Å². The summed E-state index contributed by atoms with van der Waals surface area (Å²) in [6, 6.07) is 0. The molecule has 4 aliphatic heterocycles. The van der Waals surface area contributed by atoms with E-state index in [2.05, 4.69) is 43.6 Å². The molecule has 4 rings (SSSR count). The van der Waals surface area contributed by atoms with Crippen molar-refractivity contribution < 1.29 is 9.47 Å². The van der Waals surface area contributed by atoms with E-state index in [1.807, 2.05) is 23.5 Å². The first-order chi connectivity index (χ1) is 19.0. The van der Waals surface area contributed by atoms with Crippen molar-refractivity contribution in [1.82, 2.24) is 9.80 Å². The molecule has 10 heteroatoms. The minimum atomic E-state index is -0.0618. The molecule has 0 radical (unpaired) electrons. The summed E-state index contributed by atoms with van der Waals surface area (Å²) >= 11 is 27.3. The number of thiocarbonyl (C=S) groups is 4. The average Bonchev–Trinajstić information content (AvgIpc) is 3.54. The van der Waals surface area contributed by atoms with Crippen molar-refractivity contribution in [2.24, 2.45) is 11.8 Å². The zero-order valence-corrected chi connectivity index (χ0v) is 29.5. The van der Waals surface area contributed by atoms with Gasteiger partial charge in [-0.05, 0) is 102 Å². The maximum atomic E-state index is 5.93. The van der Waals surface area contributed by atoms with Gasteiger partial charge in [-0.15, -0.1) is 11.8 Å². The van der Waals surface area contributed by atoms with E-state index >= 15 is 0 Å². The van der Waals surface area contributed by atoms with Gasteiger partial charge in [0.25, 0.3) is 0 Å². The lowest BCUT2D eigenvalue weighted by atomic mass is 9.88. The fraction of sp³-hybridized carbons (Fsp3) is 0.800. The number of hydrogen-bond donors (Lipinski definition) is 0. The third-order valence-corrected chi connectivity index (χ3v) is 12.8. The third kappa shape index (κ3) is 8.07. The largest absolute Gasteiger partial charge is 0.381 e. The molecule has 3 fully saturated rings. The van der Waals surface area contributed by atoms with Gasteiger partial charge in [0.2, 0.25) is 0 Å². The minimum absolute atomic E-state index is 0.0491. The molecular weight excluding hydrogens is 613 g/mol. The zero-order valence-electron chi connectivity index (χ0n) is 24.6. The summed E-state index contributed by atoms with van der Waals surface area (Å²) in [7, 11) is 0. The normalized spacial score (nSPS) is 25.5. The molecule has 0 aromatic carbocycles. The van der Waals surface area contributed by atoms with E-state index in [0.717, 1.165) is 104 Å². The van der Waals surface area contributed by atoms with Gasteiger partial charge in [-0.3, -0.25) is 0 Å². The van der Waals surface area contributed by atoms with Crippen molar-refractivity contribution in [2.75, 3.05) is 37.9 Å². The van der Waals surface area contributed by atoms with Gasteiger partial charge in [-0.2, -0.15) is 11.8 Å². The first-order valence-corrected chi connectivity index (χ1v) is 18.6. The molecule has 0 saturated carbocycles. The highest BCUT2D eigenvalue weighted by atomic mass is 32.2. The number of thioether (sulfide) groups is 2. The molecule has 0 bridgehead atoms. The summed E-state index contributed by atoms with van der Waals surface area (Å²) in [4.78, 5) is 9.94. The fourth-order valence-corrected chi connectivity index (χ4v) is 11.7. The first kappa shape index (κ1) is 33.2. The Bertz CT molecular complexity index is 997. The van der Waals surface area contributed by atoms with Crippen LogP contribution in [0.25, 0.3) is 0 Å². The molecule has 0 N–H and O–H groups in total. The molecule has 0 spiro atoms. The summed E-state index contributed by atoms with van der Waals surface area (Å²) in [5, 5.41) is 0.610. The van der Waals surface area contributed by atoms with Crippen molar-refractivity contribution in [3.8, 4) is 0 Å². The van der Waals surface area contributed by atoms with E-state index < -0.39 is 0 Å². The van der Waals surface area contributed by atoms with Crippen LogP contribution in [0.5, 0.6) is 0 Å². The SMILES string of the molecule is CC(C)(CCCCOCCCOCCCC(C)(C)N1C(=S)CC2SCCC2C1=S)N1C(=S)C=C2SCCC2C1=S. The van der Waals surface area contributed by atoms with Crippen LogP contribution < -0.4 is 0 Å². The zero-order chi connectivity index (χ0) is 28.9. The summed E-state index contributed by atoms with van der Waals surface area (Å²) in [5.41, 5.74) is -0.111. The van der Waals surface area contributed by atoms with Crippen LogP contribution in [-0.4, -0.2) is 84.0 Å². The topological polar surface area (TPSA) is 24.9 Å². The lowest BCUT2D eigenvalue weighted by molar-refractivity contribution is 0.0756. The third-order valence-electron chi connectivity index (χ3n) is 8.59.